The Bertz CT molecular complexity index is 1370. The van der Waals surface area contributed by atoms with E-state index < -0.39 is 23.7 Å². The number of nitrogens with one attached hydrogen (secondary N) is 1. The largest absolute Gasteiger partial charge is 0.573 e. The van der Waals surface area contributed by atoms with E-state index >= 15 is 0 Å². The lowest BCUT2D eigenvalue weighted by Gasteiger charge is -2.09. The topological polar surface area (TPSA) is 112 Å². The van der Waals surface area contributed by atoms with Crippen LogP contribution in [0.2, 0.25) is 0 Å². The summed E-state index contributed by atoms with van der Waals surface area (Å²) in [6.07, 6.45) is -2.03. The molecule has 4 rings (SSSR count). The number of aromatic hydroxyl groups is 1. The van der Waals surface area contributed by atoms with E-state index in [1.165, 1.54) is 42.1 Å². The Morgan fingerprint density at radius 3 is 2.59 bits per heavy atom. The SMILES string of the molecule is Cc1c(O)n(-c2ccc(OC(F)(F)F)cc2)c(=O)n1Cc1ccnc(NC(=O)c2ccco2)c1. The van der Waals surface area contributed by atoms with E-state index in [0.29, 0.717) is 5.56 Å². The molecule has 4 aromatic rings. The highest BCUT2D eigenvalue weighted by Crippen LogP contribution is 2.26. The van der Waals surface area contributed by atoms with Gasteiger partial charge in [-0.05, 0) is 61.0 Å². The van der Waals surface area contributed by atoms with E-state index in [4.69, 9.17) is 4.42 Å². The molecule has 3 heterocycles. The number of ether oxygens (including phenoxy) is 1. The minimum atomic E-state index is -4.85. The number of carbonyl (C=O) groups excluding carboxylic acids is 1. The predicted octanol–water partition coefficient (Wildman–Crippen LogP) is 3.84. The molecule has 34 heavy (non-hydrogen) atoms. The molecule has 0 aliphatic heterocycles. The maximum atomic E-state index is 13.0. The van der Waals surface area contributed by atoms with Gasteiger partial charge in [0.1, 0.15) is 11.6 Å². The molecule has 0 saturated heterocycles. The van der Waals surface area contributed by atoms with Crippen molar-refractivity contribution in [2.45, 2.75) is 19.8 Å². The summed E-state index contributed by atoms with van der Waals surface area (Å²) in [5.41, 5.74) is 0.372. The number of carbonyl (C=O) groups is 1. The zero-order valence-electron chi connectivity index (χ0n) is 17.5. The van der Waals surface area contributed by atoms with E-state index in [2.05, 4.69) is 15.0 Å². The Hall–Kier alpha value is -4.48. The smallest absolute Gasteiger partial charge is 0.493 e. The van der Waals surface area contributed by atoms with Gasteiger partial charge < -0.3 is 19.6 Å². The molecule has 0 spiro atoms. The lowest BCUT2D eigenvalue weighted by molar-refractivity contribution is -0.274. The molecule has 0 bridgehead atoms. The Labute approximate surface area is 189 Å². The van der Waals surface area contributed by atoms with Crippen LogP contribution in [0.15, 0.2) is 70.2 Å². The van der Waals surface area contributed by atoms with Crippen LogP contribution in [0.1, 0.15) is 21.8 Å². The minimum Gasteiger partial charge on any atom is -0.493 e. The third kappa shape index (κ3) is 4.80. The van der Waals surface area contributed by atoms with Crippen LogP contribution in [0, 0.1) is 6.92 Å². The first-order valence-corrected chi connectivity index (χ1v) is 9.79. The average molecular weight is 474 g/mol. The molecule has 1 aromatic carbocycles. The van der Waals surface area contributed by atoms with Crippen molar-refractivity contribution in [3.63, 3.8) is 0 Å². The highest BCUT2D eigenvalue weighted by Gasteiger charge is 2.31. The van der Waals surface area contributed by atoms with Crippen molar-refractivity contribution in [1.82, 2.24) is 14.1 Å². The van der Waals surface area contributed by atoms with Crippen LogP contribution in [-0.4, -0.2) is 31.5 Å². The summed E-state index contributed by atoms with van der Waals surface area (Å²) in [7, 11) is 0. The first-order valence-electron chi connectivity index (χ1n) is 9.79. The number of nitrogens with zero attached hydrogens (tertiary/aromatic N) is 3. The Morgan fingerprint density at radius 1 is 1.21 bits per heavy atom. The van der Waals surface area contributed by atoms with Gasteiger partial charge in [0.05, 0.1) is 24.2 Å². The number of halogens is 3. The van der Waals surface area contributed by atoms with E-state index in [0.717, 1.165) is 16.7 Å². The van der Waals surface area contributed by atoms with Gasteiger partial charge >= 0.3 is 12.1 Å². The molecule has 12 heteroatoms. The maximum absolute atomic E-state index is 13.0. The third-order valence-corrected chi connectivity index (χ3v) is 4.84. The normalized spacial score (nSPS) is 11.4. The molecule has 0 fully saturated rings. The Kier molecular flexibility index (Phi) is 5.88. The number of anilines is 1. The van der Waals surface area contributed by atoms with E-state index in [9.17, 15) is 27.9 Å². The van der Waals surface area contributed by atoms with Gasteiger partial charge in [-0.3, -0.25) is 9.36 Å². The quantitative estimate of drug-likeness (QED) is 0.439. The van der Waals surface area contributed by atoms with Crippen molar-refractivity contribution in [1.29, 1.82) is 0 Å². The van der Waals surface area contributed by atoms with E-state index in [1.54, 1.807) is 18.2 Å². The van der Waals surface area contributed by atoms with Crippen LogP contribution < -0.4 is 15.7 Å². The molecule has 176 valence electrons. The highest BCUT2D eigenvalue weighted by atomic mass is 19.4. The van der Waals surface area contributed by atoms with E-state index in [-0.39, 0.29) is 35.4 Å². The molecular formula is C22H17F3N4O5. The van der Waals surface area contributed by atoms with Gasteiger partial charge in [0.2, 0.25) is 5.88 Å². The number of hydrogen-bond acceptors (Lipinski definition) is 6. The van der Waals surface area contributed by atoms with Crippen molar-refractivity contribution < 1.29 is 32.2 Å². The average Bonchev–Trinajstić information content (AvgIpc) is 3.38. The fourth-order valence-corrected chi connectivity index (χ4v) is 3.26. The zero-order valence-corrected chi connectivity index (χ0v) is 17.5. The van der Waals surface area contributed by atoms with Crippen LogP contribution in [0.5, 0.6) is 11.6 Å². The highest BCUT2D eigenvalue weighted by molar-refractivity contribution is 6.01. The standard InChI is InChI=1S/C22H17F3N4O5/c1-13-20(31)29(15-4-6-16(7-5-15)34-22(23,24)25)21(32)28(13)12-14-8-9-26-18(11-14)27-19(30)17-3-2-10-33-17/h2-11,31H,12H2,1H3,(H,26,27,30). The van der Waals surface area contributed by atoms with Crippen LogP contribution in [0.4, 0.5) is 19.0 Å². The van der Waals surface area contributed by atoms with Crippen molar-refractivity contribution in [3.05, 3.63) is 88.5 Å². The number of amides is 1. The number of alkyl halides is 3. The number of hydrogen-bond donors (Lipinski definition) is 2. The Morgan fingerprint density at radius 2 is 1.94 bits per heavy atom. The first kappa shape index (κ1) is 22.7. The van der Waals surface area contributed by atoms with Crippen LogP contribution in [0.3, 0.4) is 0 Å². The Balaban J connectivity index is 1.58. The van der Waals surface area contributed by atoms with Gasteiger partial charge in [-0.15, -0.1) is 13.2 Å². The van der Waals surface area contributed by atoms with Gasteiger partial charge in [0, 0.05) is 6.20 Å². The summed E-state index contributed by atoms with van der Waals surface area (Å²) < 4.78 is 48.2. The number of pyridine rings is 1. The van der Waals surface area contributed by atoms with Crippen LogP contribution in [0.25, 0.3) is 5.69 Å². The molecule has 3 aromatic heterocycles. The van der Waals surface area contributed by atoms with E-state index in [1.807, 2.05) is 0 Å². The van der Waals surface area contributed by atoms with Crippen LogP contribution in [-0.2, 0) is 6.54 Å². The monoisotopic (exact) mass is 474 g/mol. The molecular weight excluding hydrogens is 457 g/mol. The molecule has 0 aliphatic rings. The molecule has 0 saturated carbocycles. The van der Waals surface area contributed by atoms with Gasteiger partial charge in [-0.25, -0.2) is 14.3 Å². The molecule has 0 unspecified atom stereocenters. The fraction of sp³-hybridized carbons (Fsp3) is 0.136. The van der Waals surface area contributed by atoms with Crippen molar-refractivity contribution in [3.8, 4) is 17.3 Å². The van der Waals surface area contributed by atoms with Gasteiger partial charge in [0.25, 0.3) is 5.91 Å². The molecule has 2 N–H and O–H groups in total. The summed E-state index contributed by atoms with van der Waals surface area (Å²) in [6.45, 7) is 1.56. The molecule has 0 atom stereocenters. The maximum Gasteiger partial charge on any atom is 0.573 e. The third-order valence-electron chi connectivity index (χ3n) is 4.84. The summed E-state index contributed by atoms with van der Waals surface area (Å²) in [5, 5.41) is 13.1. The first-order chi connectivity index (χ1) is 16.1. The molecule has 0 radical (unpaired) electrons. The summed E-state index contributed by atoms with van der Waals surface area (Å²) >= 11 is 0. The molecule has 0 aliphatic carbocycles. The van der Waals surface area contributed by atoms with Crippen molar-refractivity contribution in [2.75, 3.05) is 5.32 Å². The number of rotatable bonds is 6. The summed E-state index contributed by atoms with van der Waals surface area (Å²) in [4.78, 5) is 29.2. The minimum absolute atomic E-state index is 0.0344. The number of imidazole rings is 1. The number of benzene rings is 1. The second kappa shape index (κ2) is 8.81. The van der Waals surface area contributed by atoms with Gasteiger partial charge in [0.15, 0.2) is 5.76 Å². The lowest BCUT2D eigenvalue weighted by atomic mass is 10.2. The second-order valence-electron chi connectivity index (χ2n) is 7.14. The summed E-state index contributed by atoms with van der Waals surface area (Å²) in [5.74, 6) is -0.984. The molecule has 1 amide bonds. The zero-order chi connectivity index (χ0) is 24.5. The number of aromatic nitrogens is 3. The van der Waals surface area contributed by atoms with Crippen molar-refractivity contribution in [2.24, 2.45) is 0 Å². The predicted molar refractivity (Wildman–Crippen MR) is 113 cm³/mol. The van der Waals surface area contributed by atoms with Crippen molar-refractivity contribution >= 4 is 11.7 Å². The van der Waals surface area contributed by atoms with Crippen LogP contribution >= 0.6 is 0 Å². The van der Waals surface area contributed by atoms with Gasteiger partial charge in [-0.2, -0.15) is 0 Å². The lowest BCUT2D eigenvalue weighted by Crippen LogP contribution is -2.24. The molecule has 9 nitrogen and oxygen atoms in total. The summed E-state index contributed by atoms with van der Waals surface area (Å²) in [6, 6.07) is 10.8. The second-order valence-corrected chi connectivity index (χ2v) is 7.14. The number of furan rings is 1. The van der Waals surface area contributed by atoms with Gasteiger partial charge in [-0.1, -0.05) is 0 Å². The fourth-order valence-electron chi connectivity index (χ4n) is 3.26.